The van der Waals surface area contributed by atoms with Crippen LogP contribution in [-0.4, -0.2) is 18.9 Å². The molecule has 1 unspecified atom stereocenters. The predicted molar refractivity (Wildman–Crippen MR) is 64.4 cm³/mol. The summed E-state index contributed by atoms with van der Waals surface area (Å²) in [7, 11) is 0. The van der Waals surface area contributed by atoms with Gasteiger partial charge in [0.25, 0.3) is 0 Å². The highest BCUT2D eigenvalue weighted by Crippen LogP contribution is 2.27. The summed E-state index contributed by atoms with van der Waals surface area (Å²) >= 11 is 5.87. The summed E-state index contributed by atoms with van der Waals surface area (Å²) in [6, 6.07) is 9.39. The lowest BCUT2D eigenvalue weighted by Gasteiger charge is -2.15. The van der Waals surface area contributed by atoms with Gasteiger partial charge < -0.3 is 14.8 Å². The minimum Gasteiger partial charge on any atom is -0.425 e. The fourth-order valence-electron chi connectivity index (χ4n) is 1.48. The molecule has 17 heavy (non-hydrogen) atoms. The number of hydrogen-bond acceptors (Lipinski definition) is 4. The first-order valence-electron chi connectivity index (χ1n) is 5.26. The van der Waals surface area contributed by atoms with Gasteiger partial charge in [-0.1, -0.05) is 29.8 Å². The van der Waals surface area contributed by atoms with Crippen LogP contribution in [0.5, 0.6) is 0 Å². The maximum atomic E-state index is 11.3. The Morgan fingerprint density at radius 3 is 2.76 bits per heavy atom. The molecular formula is C12H12ClNO3. The fourth-order valence-corrected chi connectivity index (χ4v) is 1.66. The zero-order chi connectivity index (χ0) is 12.3. The van der Waals surface area contributed by atoms with Crippen molar-refractivity contribution in [3.63, 3.8) is 0 Å². The van der Waals surface area contributed by atoms with E-state index in [0.717, 1.165) is 5.69 Å². The third-order valence-corrected chi connectivity index (χ3v) is 2.59. The Bertz CT molecular complexity index is 444. The summed E-state index contributed by atoms with van der Waals surface area (Å²) in [5, 5.41) is 3.07. The lowest BCUT2D eigenvalue weighted by molar-refractivity contribution is -0.158. The first-order valence-corrected chi connectivity index (χ1v) is 5.64. The van der Waals surface area contributed by atoms with E-state index in [4.69, 9.17) is 21.1 Å². The summed E-state index contributed by atoms with van der Waals surface area (Å²) in [6.45, 7) is 2.25. The van der Waals surface area contributed by atoms with E-state index >= 15 is 0 Å². The van der Waals surface area contributed by atoms with E-state index in [-0.39, 0.29) is 5.03 Å². The van der Waals surface area contributed by atoms with Crippen molar-refractivity contribution in [1.82, 2.24) is 0 Å². The van der Waals surface area contributed by atoms with Crippen LogP contribution in [0, 0.1) is 0 Å². The Morgan fingerprint density at radius 1 is 1.41 bits per heavy atom. The van der Waals surface area contributed by atoms with Crippen molar-refractivity contribution in [2.24, 2.45) is 0 Å². The van der Waals surface area contributed by atoms with Crippen LogP contribution in [0.15, 0.2) is 41.1 Å². The Kier molecular flexibility index (Phi) is 3.66. The highest BCUT2D eigenvalue weighted by Gasteiger charge is 2.33. The van der Waals surface area contributed by atoms with Gasteiger partial charge in [0.15, 0.2) is 5.03 Å². The molecular weight excluding hydrogens is 242 g/mol. The van der Waals surface area contributed by atoms with E-state index in [0.29, 0.717) is 12.3 Å². The van der Waals surface area contributed by atoms with Crippen LogP contribution in [0.25, 0.3) is 0 Å². The quantitative estimate of drug-likeness (QED) is 0.838. The van der Waals surface area contributed by atoms with E-state index in [1.807, 2.05) is 37.3 Å². The van der Waals surface area contributed by atoms with E-state index < -0.39 is 12.3 Å². The average molecular weight is 254 g/mol. The maximum absolute atomic E-state index is 11.3. The molecule has 0 aromatic heterocycles. The molecule has 0 fully saturated rings. The average Bonchev–Trinajstić information content (AvgIpc) is 2.59. The van der Waals surface area contributed by atoms with Crippen LogP contribution in [-0.2, 0) is 14.3 Å². The summed E-state index contributed by atoms with van der Waals surface area (Å²) in [5.41, 5.74) is 1.27. The number of carbonyl (C=O) groups excluding carboxylic acids is 1. The van der Waals surface area contributed by atoms with Crippen LogP contribution in [0.4, 0.5) is 5.69 Å². The molecule has 1 aromatic carbocycles. The smallest absolute Gasteiger partial charge is 0.354 e. The zero-order valence-electron chi connectivity index (χ0n) is 9.27. The van der Waals surface area contributed by atoms with Crippen molar-refractivity contribution < 1.29 is 14.3 Å². The number of esters is 1. The van der Waals surface area contributed by atoms with Gasteiger partial charge in [-0.15, -0.1) is 0 Å². The molecule has 0 aliphatic carbocycles. The number of cyclic esters (lactones) is 1. The van der Waals surface area contributed by atoms with E-state index in [2.05, 4.69) is 5.32 Å². The number of carbonyl (C=O) groups is 1. The van der Waals surface area contributed by atoms with Crippen molar-refractivity contribution in [2.75, 3.05) is 11.9 Å². The molecule has 5 heteroatoms. The van der Waals surface area contributed by atoms with Crippen LogP contribution < -0.4 is 5.32 Å². The lowest BCUT2D eigenvalue weighted by Crippen LogP contribution is -2.20. The van der Waals surface area contributed by atoms with E-state index in [1.165, 1.54) is 0 Å². The number of para-hydroxylation sites is 1. The molecule has 0 amide bonds. The van der Waals surface area contributed by atoms with Gasteiger partial charge in [-0.2, -0.15) is 0 Å². The van der Waals surface area contributed by atoms with Gasteiger partial charge in [0.1, 0.15) is 5.70 Å². The van der Waals surface area contributed by atoms with Gasteiger partial charge in [0, 0.05) is 12.3 Å². The molecule has 0 bridgehead atoms. The molecule has 1 aliphatic heterocycles. The molecule has 1 aromatic rings. The number of anilines is 1. The SMILES string of the molecule is CCOC1OC(=O)C(Cl)=C1Nc1ccccc1. The molecule has 0 saturated carbocycles. The normalized spacial score (nSPS) is 19.4. The second-order valence-corrected chi connectivity index (χ2v) is 3.79. The monoisotopic (exact) mass is 253 g/mol. The number of benzene rings is 1. The molecule has 1 atom stereocenters. The molecule has 1 aliphatic rings. The van der Waals surface area contributed by atoms with E-state index in [9.17, 15) is 4.79 Å². The summed E-state index contributed by atoms with van der Waals surface area (Å²) in [4.78, 5) is 11.3. The zero-order valence-corrected chi connectivity index (χ0v) is 10.0. The van der Waals surface area contributed by atoms with Gasteiger partial charge in [-0.3, -0.25) is 0 Å². The number of hydrogen-bond donors (Lipinski definition) is 1. The highest BCUT2D eigenvalue weighted by molar-refractivity contribution is 6.42. The Balaban J connectivity index is 2.19. The second kappa shape index (κ2) is 5.21. The first kappa shape index (κ1) is 12.0. The molecule has 1 N–H and O–H groups in total. The van der Waals surface area contributed by atoms with Crippen LogP contribution in [0.2, 0.25) is 0 Å². The third-order valence-electron chi connectivity index (χ3n) is 2.24. The summed E-state index contributed by atoms with van der Waals surface area (Å²) < 4.78 is 10.2. The van der Waals surface area contributed by atoms with Gasteiger partial charge >= 0.3 is 5.97 Å². The van der Waals surface area contributed by atoms with Crippen LogP contribution >= 0.6 is 11.6 Å². The minimum atomic E-state index is -0.750. The third kappa shape index (κ3) is 2.60. The van der Waals surface area contributed by atoms with Crippen LogP contribution in [0.1, 0.15) is 6.92 Å². The van der Waals surface area contributed by atoms with E-state index in [1.54, 1.807) is 0 Å². The Labute approximate surface area is 104 Å². The number of nitrogens with one attached hydrogen (secondary N) is 1. The summed E-state index contributed by atoms with van der Waals surface area (Å²) in [6.07, 6.45) is -0.750. The van der Waals surface area contributed by atoms with Gasteiger partial charge in [-0.25, -0.2) is 4.79 Å². The Hall–Kier alpha value is -1.52. The number of halogens is 1. The molecule has 0 saturated heterocycles. The van der Waals surface area contributed by atoms with Crippen molar-refractivity contribution in [3.8, 4) is 0 Å². The Morgan fingerprint density at radius 2 is 2.12 bits per heavy atom. The molecule has 1 heterocycles. The number of ether oxygens (including phenoxy) is 2. The molecule has 0 radical (unpaired) electrons. The standard InChI is InChI=1S/C12H12ClNO3/c1-2-16-12-10(9(13)11(15)17-12)14-8-6-4-3-5-7-8/h3-7,12,14H,2H2,1H3. The van der Waals surface area contributed by atoms with Crippen molar-refractivity contribution >= 4 is 23.3 Å². The second-order valence-electron chi connectivity index (χ2n) is 3.41. The van der Waals surface area contributed by atoms with Crippen molar-refractivity contribution in [2.45, 2.75) is 13.2 Å². The van der Waals surface area contributed by atoms with Gasteiger partial charge in [0.05, 0.1) is 0 Å². The van der Waals surface area contributed by atoms with Crippen molar-refractivity contribution in [3.05, 3.63) is 41.1 Å². The number of rotatable bonds is 4. The maximum Gasteiger partial charge on any atom is 0.354 e. The summed E-state index contributed by atoms with van der Waals surface area (Å²) in [5.74, 6) is -0.566. The molecule has 90 valence electrons. The topological polar surface area (TPSA) is 47.6 Å². The lowest BCUT2D eigenvalue weighted by atomic mass is 10.3. The van der Waals surface area contributed by atoms with Gasteiger partial charge in [-0.05, 0) is 19.1 Å². The van der Waals surface area contributed by atoms with Crippen LogP contribution in [0.3, 0.4) is 0 Å². The fraction of sp³-hybridized carbons (Fsp3) is 0.250. The first-order chi connectivity index (χ1) is 8.22. The molecule has 2 rings (SSSR count). The van der Waals surface area contributed by atoms with Crippen molar-refractivity contribution in [1.29, 1.82) is 0 Å². The van der Waals surface area contributed by atoms with Gasteiger partial charge in [0.2, 0.25) is 6.29 Å². The largest absolute Gasteiger partial charge is 0.425 e. The highest BCUT2D eigenvalue weighted by atomic mass is 35.5. The minimum absolute atomic E-state index is 0.0345. The predicted octanol–water partition coefficient (Wildman–Crippen LogP) is 2.47. The molecule has 4 nitrogen and oxygen atoms in total. The molecule has 0 spiro atoms.